The Morgan fingerprint density at radius 2 is 1.21 bits per heavy atom. The van der Waals surface area contributed by atoms with Gasteiger partial charge in [-0.1, -0.05) is 93.8 Å². The molecule has 0 spiro atoms. The van der Waals surface area contributed by atoms with Gasteiger partial charge in [0.25, 0.3) is 0 Å². The van der Waals surface area contributed by atoms with Crippen LogP contribution < -0.4 is 0 Å². The molecule has 2 aliphatic rings. The Morgan fingerprint density at radius 1 is 0.690 bits per heavy atom. The monoisotopic (exact) mass is 384 g/mol. The van der Waals surface area contributed by atoms with Crippen LogP contribution in [0.2, 0.25) is 0 Å². The van der Waals surface area contributed by atoms with Crippen molar-refractivity contribution in [3.8, 4) is 11.1 Å². The van der Waals surface area contributed by atoms with Crippen LogP contribution in [0.15, 0.2) is 60.7 Å². The van der Waals surface area contributed by atoms with Crippen LogP contribution >= 0.6 is 0 Å². The third kappa shape index (κ3) is 5.10. The van der Waals surface area contributed by atoms with Gasteiger partial charge in [-0.2, -0.15) is 0 Å². The SMILES string of the molecule is CCCCC1CC=C(c2ccc(-c3ccc(C4=CCC(C)CC4)cc3)cc2)CC1. The Hall–Kier alpha value is -2.08. The van der Waals surface area contributed by atoms with Crippen LogP contribution in [-0.4, -0.2) is 0 Å². The molecule has 0 radical (unpaired) electrons. The number of rotatable bonds is 6. The average molecular weight is 385 g/mol. The maximum absolute atomic E-state index is 2.51. The van der Waals surface area contributed by atoms with Crippen molar-refractivity contribution in [3.05, 3.63) is 71.8 Å². The topological polar surface area (TPSA) is 0 Å². The summed E-state index contributed by atoms with van der Waals surface area (Å²) in [5, 5.41) is 0. The number of unbranched alkanes of at least 4 members (excludes halogenated alkanes) is 1. The minimum Gasteiger partial charge on any atom is -0.0805 e. The van der Waals surface area contributed by atoms with Crippen LogP contribution in [0.25, 0.3) is 22.3 Å². The smallest absolute Gasteiger partial charge is 0.0184 e. The van der Waals surface area contributed by atoms with Gasteiger partial charge in [0.2, 0.25) is 0 Å². The summed E-state index contributed by atoms with van der Waals surface area (Å²) in [4.78, 5) is 0. The molecule has 0 heteroatoms. The third-order valence-electron chi connectivity index (χ3n) is 7.00. The Balaban J connectivity index is 1.41. The zero-order valence-electron chi connectivity index (χ0n) is 18.3. The molecule has 4 rings (SSSR count). The van der Waals surface area contributed by atoms with E-state index in [1.54, 1.807) is 5.57 Å². The van der Waals surface area contributed by atoms with Crippen molar-refractivity contribution in [3.63, 3.8) is 0 Å². The van der Waals surface area contributed by atoms with Crippen molar-refractivity contribution < 1.29 is 0 Å². The molecule has 0 nitrogen and oxygen atoms in total. The van der Waals surface area contributed by atoms with Gasteiger partial charge in [-0.3, -0.25) is 0 Å². The van der Waals surface area contributed by atoms with Crippen molar-refractivity contribution in [1.82, 2.24) is 0 Å². The zero-order chi connectivity index (χ0) is 20.1. The van der Waals surface area contributed by atoms with Crippen LogP contribution in [0.4, 0.5) is 0 Å². The quantitative estimate of drug-likeness (QED) is 0.466. The lowest BCUT2D eigenvalue weighted by Gasteiger charge is -2.22. The zero-order valence-corrected chi connectivity index (χ0v) is 18.3. The molecule has 0 saturated heterocycles. The van der Waals surface area contributed by atoms with Gasteiger partial charge >= 0.3 is 0 Å². The fourth-order valence-electron chi connectivity index (χ4n) is 4.89. The van der Waals surface area contributed by atoms with Gasteiger partial charge in [0.1, 0.15) is 0 Å². The summed E-state index contributed by atoms with van der Waals surface area (Å²) in [7, 11) is 0. The summed E-state index contributed by atoms with van der Waals surface area (Å²) in [5.41, 5.74) is 8.55. The molecule has 0 aromatic heterocycles. The van der Waals surface area contributed by atoms with E-state index < -0.39 is 0 Å². The van der Waals surface area contributed by atoms with Gasteiger partial charge in [-0.15, -0.1) is 0 Å². The molecule has 2 atom stereocenters. The summed E-state index contributed by atoms with van der Waals surface area (Å²) in [5.74, 6) is 1.76. The van der Waals surface area contributed by atoms with Crippen LogP contribution in [0.1, 0.15) is 82.8 Å². The van der Waals surface area contributed by atoms with E-state index in [0.717, 1.165) is 11.8 Å². The Labute approximate surface area is 177 Å². The lowest BCUT2D eigenvalue weighted by atomic mass is 9.84. The van der Waals surface area contributed by atoms with Crippen LogP contribution in [0.5, 0.6) is 0 Å². The number of hydrogen-bond donors (Lipinski definition) is 0. The van der Waals surface area contributed by atoms with E-state index in [9.17, 15) is 0 Å². The summed E-state index contributed by atoms with van der Waals surface area (Å²) in [6.07, 6.45) is 16.7. The van der Waals surface area contributed by atoms with E-state index in [4.69, 9.17) is 0 Å². The van der Waals surface area contributed by atoms with E-state index in [1.165, 1.54) is 85.6 Å². The van der Waals surface area contributed by atoms with Crippen LogP contribution in [-0.2, 0) is 0 Å². The molecule has 152 valence electrons. The average Bonchev–Trinajstić information content (AvgIpc) is 2.79. The first-order valence-corrected chi connectivity index (χ1v) is 11.8. The van der Waals surface area contributed by atoms with Gasteiger partial charge in [-0.05, 0) is 83.8 Å². The maximum Gasteiger partial charge on any atom is -0.0184 e. The highest BCUT2D eigenvalue weighted by Gasteiger charge is 2.15. The largest absolute Gasteiger partial charge is 0.0805 e. The molecular formula is C29H36. The van der Waals surface area contributed by atoms with Gasteiger partial charge in [-0.25, -0.2) is 0 Å². The molecule has 29 heavy (non-hydrogen) atoms. The Morgan fingerprint density at radius 3 is 1.66 bits per heavy atom. The molecule has 2 aliphatic carbocycles. The predicted octanol–water partition coefficient (Wildman–Crippen LogP) is 8.93. The Kier molecular flexibility index (Phi) is 6.70. The first-order valence-electron chi connectivity index (χ1n) is 11.8. The van der Waals surface area contributed by atoms with Gasteiger partial charge in [0.15, 0.2) is 0 Å². The summed E-state index contributed by atoms with van der Waals surface area (Å²) in [6.45, 7) is 4.65. The molecule has 2 unspecified atom stereocenters. The standard InChI is InChI=1S/C29H36/c1-3-4-5-23-8-12-25(13-9-23)27-16-20-29(21-17-27)28-18-14-26(15-19-28)24-10-6-22(2)7-11-24/h10,12,14-23H,3-9,11,13H2,1-2H3. The summed E-state index contributed by atoms with van der Waals surface area (Å²) in [6, 6.07) is 18.5. The van der Waals surface area contributed by atoms with E-state index in [2.05, 4.69) is 74.5 Å². The fraction of sp³-hybridized carbons (Fsp3) is 0.448. The van der Waals surface area contributed by atoms with Crippen molar-refractivity contribution in [1.29, 1.82) is 0 Å². The molecule has 2 aromatic carbocycles. The fourth-order valence-corrected chi connectivity index (χ4v) is 4.89. The molecule has 0 bridgehead atoms. The first kappa shape index (κ1) is 20.2. The minimum atomic E-state index is 0.845. The second-order valence-electron chi connectivity index (χ2n) is 9.28. The molecule has 0 amide bonds. The molecular weight excluding hydrogens is 348 g/mol. The van der Waals surface area contributed by atoms with Crippen LogP contribution in [0, 0.1) is 11.8 Å². The minimum absolute atomic E-state index is 0.845. The van der Waals surface area contributed by atoms with E-state index >= 15 is 0 Å². The summed E-state index contributed by atoms with van der Waals surface area (Å²) < 4.78 is 0. The lowest BCUT2D eigenvalue weighted by Crippen LogP contribution is -2.05. The number of hydrogen-bond acceptors (Lipinski definition) is 0. The second kappa shape index (κ2) is 9.61. The third-order valence-corrected chi connectivity index (χ3v) is 7.00. The second-order valence-corrected chi connectivity index (χ2v) is 9.28. The normalized spacial score (nSPS) is 22.1. The highest BCUT2D eigenvalue weighted by Crippen LogP contribution is 2.34. The van der Waals surface area contributed by atoms with Gasteiger partial charge in [0.05, 0.1) is 0 Å². The molecule has 0 N–H and O–H groups in total. The molecule has 0 fully saturated rings. The van der Waals surface area contributed by atoms with Crippen molar-refractivity contribution in [2.45, 2.75) is 71.6 Å². The van der Waals surface area contributed by atoms with E-state index in [1.807, 2.05) is 0 Å². The lowest BCUT2D eigenvalue weighted by molar-refractivity contribution is 0.434. The van der Waals surface area contributed by atoms with Gasteiger partial charge in [0, 0.05) is 0 Å². The highest BCUT2D eigenvalue weighted by atomic mass is 14.2. The van der Waals surface area contributed by atoms with Crippen molar-refractivity contribution in [2.24, 2.45) is 11.8 Å². The highest BCUT2D eigenvalue weighted by molar-refractivity contribution is 5.73. The van der Waals surface area contributed by atoms with Crippen molar-refractivity contribution >= 4 is 11.1 Å². The van der Waals surface area contributed by atoms with Crippen LogP contribution in [0.3, 0.4) is 0 Å². The first-order chi connectivity index (χ1) is 14.2. The number of benzene rings is 2. The van der Waals surface area contributed by atoms with E-state index in [-0.39, 0.29) is 0 Å². The summed E-state index contributed by atoms with van der Waals surface area (Å²) >= 11 is 0. The maximum atomic E-state index is 2.51. The number of allylic oxidation sites excluding steroid dienone is 4. The molecule has 2 aromatic rings. The molecule has 0 heterocycles. The molecule has 0 saturated carbocycles. The van der Waals surface area contributed by atoms with Gasteiger partial charge < -0.3 is 0 Å². The predicted molar refractivity (Wildman–Crippen MR) is 128 cm³/mol. The Bertz CT molecular complexity index is 848. The van der Waals surface area contributed by atoms with Crippen molar-refractivity contribution in [2.75, 3.05) is 0 Å². The van der Waals surface area contributed by atoms with E-state index in [0.29, 0.717) is 0 Å². The molecule has 0 aliphatic heterocycles.